The van der Waals surface area contributed by atoms with Crippen LogP contribution < -0.4 is 10.6 Å². The van der Waals surface area contributed by atoms with Gasteiger partial charge in [-0.3, -0.25) is 4.98 Å². The minimum atomic E-state index is 0.0915. The van der Waals surface area contributed by atoms with Crippen LogP contribution in [0.1, 0.15) is 31.7 Å². The van der Waals surface area contributed by atoms with E-state index in [1.54, 1.807) is 6.20 Å². The van der Waals surface area contributed by atoms with E-state index in [0.29, 0.717) is 5.92 Å². The van der Waals surface area contributed by atoms with Gasteiger partial charge in [0.1, 0.15) is 0 Å². The van der Waals surface area contributed by atoms with E-state index < -0.39 is 0 Å². The minimum Gasteiger partial charge on any atom is -0.338 e. The predicted octanol–water partition coefficient (Wildman–Crippen LogP) is 2.00. The van der Waals surface area contributed by atoms with Crippen LogP contribution in [0.15, 0.2) is 24.5 Å². The summed E-state index contributed by atoms with van der Waals surface area (Å²) in [5.74, 6) is 0.630. The number of nitrogens with one attached hydrogen (secondary N) is 2. The standard InChI is InChI=1S/C16H26N4O/c1-14-5-3-10-20(13-14)16(21)19-9-4-8-18-12-15-6-2-7-17-11-15/h2,6-7,11,14,18H,3-5,8-10,12-13H2,1H3,(H,19,21). The molecule has 2 heterocycles. The van der Waals surface area contributed by atoms with Gasteiger partial charge >= 0.3 is 6.03 Å². The Labute approximate surface area is 127 Å². The van der Waals surface area contributed by atoms with Crippen LogP contribution in [0.5, 0.6) is 0 Å². The van der Waals surface area contributed by atoms with Crippen molar-refractivity contribution < 1.29 is 4.79 Å². The highest BCUT2D eigenvalue weighted by molar-refractivity contribution is 5.74. The molecule has 2 amide bonds. The highest BCUT2D eigenvalue weighted by Crippen LogP contribution is 2.15. The maximum atomic E-state index is 12.0. The summed E-state index contributed by atoms with van der Waals surface area (Å²) in [5, 5.41) is 6.36. The second-order valence-electron chi connectivity index (χ2n) is 5.82. The van der Waals surface area contributed by atoms with Crippen molar-refractivity contribution in [3.8, 4) is 0 Å². The first-order valence-corrected chi connectivity index (χ1v) is 7.88. The number of hydrogen-bond donors (Lipinski definition) is 2. The number of carbonyl (C=O) groups excluding carboxylic acids is 1. The molecular weight excluding hydrogens is 264 g/mol. The summed E-state index contributed by atoms with van der Waals surface area (Å²) in [5.41, 5.74) is 1.18. The number of rotatable bonds is 6. The SMILES string of the molecule is CC1CCCN(C(=O)NCCCNCc2cccnc2)C1. The number of carbonyl (C=O) groups is 1. The Morgan fingerprint density at radius 1 is 1.48 bits per heavy atom. The second kappa shape index (κ2) is 8.62. The van der Waals surface area contributed by atoms with Crippen molar-refractivity contribution in [1.29, 1.82) is 0 Å². The van der Waals surface area contributed by atoms with E-state index in [4.69, 9.17) is 0 Å². The Kier molecular flexibility index (Phi) is 6.47. The van der Waals surface area contributed by atoms with E-state index in [9.17, 15) is 4.79 Å². The number of hydrogen-bond acceptors (Lipinski definition) is 3. The van der Waals surface area contributed by atoms with E-state index in [0.717, 1.165) is 45.6 Å². The molecule has 2 rings (SSSR count). The lowest BCUT2D eigenvalue weighted by Crippen LogP contribution is -2.45. The molecule has 1 atom stereocenters. The summed E-state index contributed by atoms with van der Waals surface area (Å²) in [4.78, 5) is 18.0. The van der Waals surface area contributed by atoms with Gasteiger partial charge in [-0.05, 0) is 43.4 Å². The molecule has 0 spiro atoms. The van der Waals surface area contributed by atoms with Gasteiger partial charge in [0.2, 0.25) is 0 Å². The van der Waals surface area contributed by atoms with E-state index in [2.05, 4.69) is 28.6 Å². The molecular formula is C16H26N4O. The maximum absolute atomic E-state index is 12.0. The highest BCUT2D eigenvalue weighted by atomic mass is 16.2. The van der Waals surface area contributed by atoms with Crippen LogP contribution in [0, 0.1) is 5.92 Å². The molecule has 0 radical (unpaired) electrons. The molecule has 0 bridgehead atoms. The van der Waals surface area contributed by atoms with E-state index in [1.807, 2.05) is 17.2 Å². The van der Waals surface area contributed by atoms with Gasteiger partial charge in [-0.1, -0.05) is 13.0 Å². The van der Waals surface area contributed by atoms with Crippen molar-refractivity contribution in [1.82, 2.24) is 20.5 Å². The molecule has 5 nitrogen and oxygen atoms in total. The summed E-state index contributed by atoms with van der Waals surface area (Å²) in [6.45, 7) is 6.45. The second-order valence-corrected chi connectivity index (χ2v) is 5.82. The largest absolute Gasteiger partial charge is 0.338 e. The van der Waals surface area contributed by atoms with Crippen LogP contribution in [0.4, 0.5) is 4.79 Å². The van der Waals surface area contributed by atoms with Crippen molar-refractivity contribution in [2.75, 3.05) is 26.2 Å². The quantitative estimate of drug-likeness (QED) is 0.788. The third-order valence-electron chi connectivity index (χ3n) is 3.80. The number of piperidine rings is 1. The van der Waals surface area contributed by atoms with Crippen molar-refractivity contribution in [2.24, 2.45) is 5.92 Å². The molecule has 21 heavy (non-hydrogen) atoms. The van der Waals surface area contributed by atoms with Gasteiger partial charge in [-0.25, -0.2) is 4.79 Å². The van der Waals surface area contributed by atoms with Crippen molar-refractivity contribution in [3.05, 3.63) is 30.1 Å². The smallest absolute Gasteiger partial charge is 0.317 e. The number of aromatic nitrogens is 1. The first-order valence-electron chi connectivity index (χ1n) is 7.88. The maximum Gasteiger partial charge on any atom is 0.317 e. The average Bonchev–Trinajstić information content (AvgIpc) is 2.51. The minimum absolute atomic E-state index is 0.0915. The van der Waals surface area contributed by atoms with Gasteiger partial charge in [0.05, 0.1) is 0 Å². The molecule has 1 saturated heterocycles. The van der Waals surface area contributed by atoms with Gasteiger partial charge < -0.3 is 15.5 Å². The van der Waals surface area contributed by atoms with Crippen molar-refractivity contribution in [3.63, 3.8) is 0 Å². The summed E-state index contributed by atoms with van der Waals surface area (Å²) in [6.07, 6.45) is 6.95. The Morgan fingerprint density at radius 3 is 3.14 bits per heavy atom. The fraction of sp³-hybridized carbons (Fsp3) is 0.625. The van der Waals surface area contributed by atoms with Crippen LogP contribution in [-0.2, 0) is 6.54 Å². The van der Waals surface area contributed by atoms with E-state index in [1.165, 1.54) is 12.0 Å². The third-order valence-corrected chi connectivity index (χ3v) is 3.80. The molecule has 0 aromatic carbocycles. The molecule has 0 aliphatic carbocycles. The summed E-state index contributed by atoms with van der Waals surface area (Å²) in [7, 11) is 0. The molecule has 5 heteroatoms. The molecule has 116 valence electrons. The lowest BCUT2D eigenvalue weighted by molar-refractivity contribution is 0.170. The van der Waals surface area contributed by atoms with E-state index in [-0.39, 0.29) is 6.03 Å². The van der Waals surface area contributed by atoms with Gasteiger partial charge in [0.15, 0.2) is 0 Å². The topological polar surface area (TPSA) is 57.3 Å². The van der Waals surface area contributed by atoms with Crippen LogP contribution >= 0.6 is 0 Å². The van der Waals surface area contributed by atoms with Crippen molar-refractivity contribution >= 4 is 6.03 Å². The zero-order valence-corrected chi connectivity index (χ0v) is 12.8. The summed E-state index contributed by atoms with van der Waals surface area (Å²) >= 11 is 0. The Hall–Kier alpha value is -1.62. The molecule has 1 aromatic rings. The first-order chi connectivity index (χ1) is 10.3. The fourth-order valence-electron chi connectivity index (χ4n) is 2.63. The molecule has 2 N–H and O–H groups in total. The molecule has 1 aliphatic rings. The molecule has 1 aliphatic heterocycles. The zero-order chi connectivity index (χ0) is 14.9. The zero-order valence-electron chi connectivity index (χ0n) is 12.8. The average molecular weight is 290 g/mol. The number of nitrogens with zero attached hydrogens (tertiary/aromatic N) is 2. The van der Waals surface area contributed by atoms with Crippen LogP contribution in [0.2, 0.25) is 0 Å². The first kappa shape index (κ1) is 15.8. The Balaban J connectivity index is 1.52. The normalized spacial score (nSPS) is 18.5. The van der Waals surface area contributed by atoms with Gasteiger partial charge in [-0.15, -0.1) is 0 Å². The Bertz CT molecular complexity index is 424. The number of likely N-dealkylation sites (tertiary alicyclic amines) is 1. The summed E-state index contributed by atoms with van der Waals surface area (Å²) in [6, 6.07) is 4.09. The molecule has 0 saturated carbocycles. The summed E-state index contributed by atoms with van der Waals surface area (Å²) < 4.78 is 0. The van der Waals surface area contributed by atoms with Crippen LogP contribution in [0.25, 0.3) is 0 Å². The number of pyridine rings is 1. The predicted molar refractivity (Wildman–Crippen MR) is 83.9 cm³/mol. The third kappa shape index (κ3) is 5.71. The number of urea groups is 1. The lowest BCUT2D eigenvalue weighted by Gasteiger charge is -2.30. The fourth-order valence-corrected chi connectivity index (χ4v) is 2.63. The molecule has 1 fully saturated rings. The van der Waals surface area contributed by atoms with Gasteiger partial charge in [0, 0.05) is 38.6 Å². The highest BCUT2D eigenvalue weighted by Gasteiger charge is 2.20. The Morgan fingerprint density at radius 2 is 2.38 bits per heavy atom. The van der Waals surface area contributed by atoms with Crippen LogP contribution in [-0.4, -0.2) is 42.1 Å². The lowest BCUT2D eigenvalue weighted by atomic mass is 10.0. The van der Waals surface area contributed by atoms with Gasteiger partial charge in [0.25, 0.3) is 0 Å². The number of amides is 2. The van der Waals surface area contributed by atoms with Gasteiger partial charge in [-0.2, -0.15) is 0 Å². The molecule has 1 aromatic heterocycles. The monoisotopic (exact) mass is 290 g/mol. The van der Waals surface area contributed by atoms with E-state index >= 15 is 0 Å². The van der Waals surface area contributed by atoms with Crippen LogP contribution in [0.3, 0.4) is 0 Å². The molecule has 1 unspecified atom stereocenters. The van der Waals surface area contributed by atoms with Crippen molar-refractivity contribution in [2.45, 2.75) is 32.7 Å².